The number of fused-ring (bicyclic) bond motifs is 1. The Bertz CT molecular complexity index is 711. The smallest absolute Gasteiger partial charge is 0.231 e. The van der Waals surface area contributed by atoms with Crippen molar-refractivity contribution in [3.05, 3.63) is 59.7 Å². The molecule has 0 saturated heterocycles. The first-order chi connectivity index (χ1) is 10.1. The van der Waals surface area contributed by atoms with E-state index in [-0.39, 0.29) is 5.91 Å². The molecule has 1 heterocycles. The quantitative estimate of drug-likeness (QED) is 0.855. The van der Waals surface area contributed by atoms with Crippen LogP contribution in [0.25, 0.3) is 0 Å². The number of anilines is 1. The van der Waals surface area contributed by atoms with Crippen molar-refractivity contribution in [2.75, 3.05) is 17.2 Å². The first kappa shape index (κ1) is 14.0. The summed E-state index contributed by atoms with van der Waals surface area (Å²) in [6.07, 6.45) is 0.378. The number of carbonyl (C=O) groups is 1. The van der Waals surface area contributed by atoms with Crippen LogP contribution in [0.3, 0.4) is 0 Å². The summed E-state index contributed by atoms with van der Waals surface area (Å²) in [5.41, 5.74) is 2.96. The lowest BCUT2D eigenvalue weighted by molar-refractivity contribution is -0.118. The van der Waals surface area contributed by atoms with Gasteiger partial charge in [-0.15, -0.1) is 0 Å². The molecule has 1 unspecified atom stereocenters. The van der Waals surface area contributed by atoms with E-state index in [1.807, 2.05) is 55.5 Å². The molecule has 0 radical (unpaired) electrons. The van der Waals surface area contributed by atoms with Crippen molar-refractivity contribution >= 4 is 22.4 Å². The van der Waals surface area contributed by atoms with Crippen molar-refractivity contribution in [3.8, 4) is 0 Å². The van der Waals surface area contributed by atoms with E-state index in [9.17, 15) is 9.00 Å². The van der Waals surface area contributed by atoms with Crippen LogP contribution >= 0.6 is 0 Å². The highest BCUT2D eigenvalue weighted by atomic mass is 32.2. The number of nitrogens with zero attached hydrogens (tertiary/aromatic N) is 1. The van der Waals surface area contributed by atoms with Gasteiger partial charge in [0.05, 0.1) is 27.8 Å². The van der Waals surface area contributed by atoms with Crippen LogP contribution in [0, 0.1) is 6.92 Å². The van der Waals surface area contributed by atoms with Crippen molar-refractivity contribution < 1.29 is 9.00 Å². The molecule has 1 atom stereocenters. The van der Waals surface area contributed by atoms with Gasteiger partial charge in [-0.1, -0.05) is 42.0 Å². The average Bonchev–Trinajstić information content (AvgIpc) is 2.48. The molecule has 3 nitrogen and oxygen atoms in total. The minimum Gasteiger partial charge on any atom is -0.310 e. The zero-order chi connectivity index (χ0) is 14.8. The molecule has 0 aliphatic carbocycles. The third kappa shape index (κ3) is 2.90. The summed E-state index contributed by atoms with van der Waals surface area (Å²) < 4.78 is 12.0. The molecular formula is C17H17NO2S. The summed E-state index contributed by atoms with van der Waals surface area (Å²) >= 11 is 0. The number of hydrogen-bond donors (Lipinski definition) is 0. The Kier molecular flexibility index (Phi) is 3.88. The lowest BCUT2D eigenvalue weighted by Crippen LogP contribution is -2.39. The molecule has 1 aliphatic heterocycles. The Morgan fingerprint density at radius 1 is 1.19 bits per heavy atom. The van der Waals surface area contributed by atoms with Crippen molar-refractivity contribution in [1.29, 1.82) is 0 Å². The minimum atomic E-state index is -0.996. The predicted molar refractivity (Wildman–Crippen MR) is 85.0 cm³/mol. The molecule has 1 amide bonds. The zero-order valence-corrected chi connectivity index (χ0v) is 12.7. The van der Waals surface area contributed by atoms with E-state index in [1.165, 1.54) is 0 Å². The summed E-state index contributed by atoms with van der Waals surface area (Å²) in [6, 6.07) is 15.5. The van der Waals surface area contributed by atoms with Crippen LogP contribution in [0.2, 0.25) is 0 Å². The number of benzene rings is 2. The number of hydrogen-bond acceptors (Lipinski definition) is 2. The molecule has 0 aromatic heterocycles. The lowest BCUT2D eigenvalue weighted by atomic mass is 10.1. The third-order valence-electron chi connectivity index (χ3n) is 3.64. The Morgan fingerprint density at radius 2 is 2.00 bits per heavy atom. The fourth-order valence-corrected chi connectivity index (χ4v) is 3.84. The van der Waals surface area contributed by atoms with Gasteiger partial charge in [-0.25, -0.2) is 0 Å². The molecule has 1 aliphatic rings. The maximum Gasteiger partial charge on any atom is 0.231 e. The average molecular weight is 299 g/mol. The van der Waals surface area contributed by atoms with Gasteiger partial charge in [0.25, 0.3) is 0 Å². The van der Waals surface area contributed by atoms with Crippen LogP contribution in [0.15, 0.2) is 53.4 Å². The highest BCUT2D eigenvalue weighted by Crippen LogP contribution is 2.28. The number of para-hydroxylation sites is 1. The molecule has 2 aromatic carbocycles. The number of rotatable bonds is 2. The van der Waals surface area contributed by atoms with Crippen molar-refractivity contribution in [1.82, 2.24) is 0 Å². The van der Waals surface area contributed by atoms with Gasteiger partial charge in [-0.2, -0.15) is 0 Å². The Morgan fingerprint density at radius 3 is 2.81 bits per heavy atom. The normalized spacial score (nSPS) is 17.4. The molecule has 3 rings (SSSR count). The standard InChI is InChI=1S/C17H17NO2S/c1-13-5-4-6-14(11-13)12-17(19)18-9-10-21(20)16-8-3-2-7-15(16)18/h2-8,11H,9-10,12H2,1H3. The van der Waals surface area contributed by atoms with Gasteiger partial charge in [0.1, 0.15) is 0 Å². The molecule has 4 heteroatoms. The third-order valence-corrected chi connectivity index (χ3v) is 5.03. The van der Waals surface area contributed by atoms with Gasteiger partial charge in [0.15, 0.2) is 0 Å². The second-order valence-electron chi connectivity index (χ2n) is 5.23. The Balaban J connectivity index is 1.86. The summed E-state index contributed by atoms with van der Waals surface area (Å²) in [4.78, 5) is 15.1. The molecule has 2 aromatic rings. The summed E-state index contributed by atoms with van der Waals surface area (Å²) in [5, 5.41) is 0. The van der Waals surface area contributed by atoms with E-state index in [2.05, 4.69) is 0 Å². The van der Waals surface area contributed by atoms with Gasteiger partial charge >= 0.3 is 0 Å². The van der Waals surface area contributed by atoms with E-state index in [0.717, 1.165) is 21.7 Å². The maximum atomic E-state index is 12.6. The maximum absolute atomic E-state index is 12.6. The fourth-order valence-electron chi connectivity index (χ4n) is 2.63. The molecule has 21 heavy (non-hydrogen) atoms. The molecule has 0 bridgehead atoms. The molecule has 0 N–H and O–H groups in total. The number of amides is 1. The SMILES string of the molecule is Cc1cccc(CC(=O)N2CCS(=O)c3ccccc32)c1. The first-order valence-corrected chi connectivity index (χ1v) is 8.30. The number of carbonyl (C=O) groups excluding carboxylic acids is 1. The highest BCUT2D eigenvalue weighted by Gasteiger charge is 2.26. The van der Waals surface area contributed by atoms with Crippen molar-refractivity contribution in [3.63, 3.8) is 0 Å². The topological polar surface area (TPSA) is 37.4 Å². The zero-order valence-electron chi connectivity index (χ0n) is 11.9. The van der Waals surface area contributed by atoms with E-state index in [4.69, 9.17) is 0 Å². The molecule has 0 saturated carbocycles. The molecule has 0 spiro atoms. The predicted octanol–water partition coefficient (Wildman–Crippen LogP) is 2.69. The summed E-state index contributed by atoms with van der Waals surface area (Å²) in [5.74, 6) is 0.570. The monoisotopic (exact) mass is 299 g/mol. The number of aryl methyl sites for hydroxylation is 1. The largest absolute Gasteiger partial charge is 0.310 e. The van der Waals surface area contributed by atoms with E-state index < -0.39 is 10.8 Å². The van der Waals surface area contributed by atoms with Gasteiger partial charge in [0, 0.05) is 12.3 Å². The van der Waals surface area contributed by atoms with Crippen LogP contribution in [0.1, 0.15) is 11.1 Å². The molecule has 0 fully saturated rings. The second kappa shape index (κ2) is 5.82. The van der Waals surface area contributed by atoms with E-state index in [1.54, 1.807) is 4.90 Å². The van der Waals surface area contributed by atoms with E-state index in [0.29, 0.717) is 18.7 Å². The molecular weight excluding hydrogens is 282 g/mol. The van der Waals surface area contributed by atoms with Gasteiger partial charge < -0.3 is 4.90 Å². The first-order valence-electron chi connectivity index (χ1n) is 6.98. The highest BCUT2D eigenvalue weighted by molar-refractivity contribution is 7.85. The van der Waals surface area contributed by atoms with Crippen LogP contribution in [-0.2, 0) is 22.0 Å². The Hall–Kier alpha value is -1.94. The summed E-state index contributed by atoms with van der Waals surface area (Å²) in [7, 11) is -0.996. The van der Waals surface area contributed by atoms with Gasteiger partial charge in [-0.3, -0.25) is 9.00 Å². The fraction of sp³-hybridized carbons (Fsp3) is 0.235. The van der Waals surface area contributed by atoms with Crippen LogP contribution in [0.4, 0.5) is 5.69 Å². The van der Waals surface area contributed by atoms with Crippen LogP contribution in [-0.4, -0.2) is 22.4 Å². The van der Waals surface area contributed by atoms with Gasteiger partial charge in [0.2, 0.25) is 5.91 Å². The van der Waals surface area contributed by atoms with Crippen LogP contribution < -0.4 is 4.90 Å². The summed E-state index contributed by atoms with van der Waals surface area (Å²) in [6.45, 7) is 2.54. The van der Waals surface area contributed by atoms with Gasteiger partial charge in [-0.05, 0) is 24.6 Å². The van der Waals surface area contributed by atoms with Crippen molar-refractivity contribution in [2.24, 2.45) is 0 Å². The van der Waals surface area contributed by atoms with Crippen LogP contribution in [0.5, 0.6) is 0 Å². The van der Waals surface area contributed by atoms with E-state index >= 15 is 0 Å². The second-order valence-corrected chi connectivity index (χ2v) is 6.77. The molecule has 108 valence electrons. The minimum absolute atomic E-state index is 0.0600. The Labute approximate surface area is 127 Å². The van der Waals surface area contributed by atoms with Crippen molar-refractivity contribution in [2.45, 2.75) is 18.2 Å². The lowest BCUT2D eigenvalue weighted by Gasteiger charge is -2.29.